The quantitative estimate of drug-likeness (QED) is 0.569. The second kappa shape index (κ2) is 7.92. The van der Waals surface area contributed by atoms with Gasteiger partial charge < -0.3 is 15.2 Å². The normalized spacial score (nSPS) is 10.4. The molecule has 116 valence electrons. The third-order valence-electron chi connectivity index (χ3n) is 2.23. The van der Waals surface area contributed by atoms with E-state index in [4.69, 9.17) is 9.84 Å². The van der Waals surface area contributed by atoms with Gasteiger partial charge in [0.25, 0.3) is 0 Å². The summed E-state index contributed by atoms with van der Waals surface area (Å²) in [6, 6.07) is 0. The van der Waals surface area contributed by atoms with Crippen LogP contribution in [-0.2, 0) is 32.1 Å². The Morgan fingerprint density at radius 2 is 2.10 bits per heavy atom. The van der Waals surface area contributed by atoms with Gasteiger partial charge in [-0.05, 0) is 24.3 Å². The van der Waals surface area contributed by atoms with Crippen molar-refractivity contribution in [1.82, 2.24) is 25.5 Å². The Bertz CT molecular complexity index is 513. The van der Waals surface area contributed by atoms with E-state index in [9.17, 15) is 14.4 Å². The summed E-state index contributed by atoms with van der Waals surface area (Å²) in [4.78, 5) is 33.4. The molecule has 0 saturated carbocycles. The molecule has 2 N–H and O–H groups in total. The Kier molecular flexibility index (Phi) is 6.24. The van der Waals surface area contributed by atoms with E-state index in [2.05, 4.69) is 20.8 Å². The molecule has 10 nitrogen and oxygen atoms in total. The van der Waals surface area contributed by atoms with Crippen molar-refractivity contribution in [3.05, 3.63) is 5.82 Å². The third-order valence-corrected chi connectivity index (χ3v) is 2.23. The van der Waals surface area contributed by atoms with E-state index in [0.717, 1.165) is 0 Å². The third kappa shape index (κ3) is 6.45. The van der Waals surface area contributed by atoms with E-state index in [0.29, 0.717) is 0 Å². The van der Waals surface area contributed by atoms with Crippen LogP contribution in [0.3, 0.4) is 0 Å². The number of hydrogen-bond donors (Lipinski definition) is 2. The van der Waals surface area contributed by atoms with E-state index in [1.165, 1.54) is 4.68 Å². The number of aromatic nitrogens is 4. The standard InChI is InChI=1S/C11H17N5O5/c1-7(2)21-11(20)6-16-8(13-14-15-16)5-9(17)12-4-3-10(18)19/h7H,3-6H2,1-2H3,(H,12,17)(H,18,19). The Labute approximate surface area is 120 Å². The minimum absolute atomic E-state index is 0.0190. The summed E-state index contributed by atoms with van der Waals surface area (Å²) >= 11 is 0. The molecule has 0 aliphatic heterocycles. The molecular weight excluding hydrogens is 282 g/mol. The van der Waals surface area contributed by atoms with E-state index < -0.39 is 17.8 Å². The van der Waals surface area contributed by atoms with Crippen molar-refractivity contribution in [3.8, 4) is 0 Å². The SMILES string of the molecule is CC(C)OC(=O)Cn1nnnc1CC(=O)NCCC(=O)O. The van der Waals surface area contributed by atoms with Crippen LogP contribution in [0.25, 0.3) is 0 Å². The summed E-state index contributed by atoms with van der Waals surface area (Å²) in [6.07, 6.45) is -0.573. The number of tetrazole rings is 1. The molecule has 1 amide bonds. The molecule has 0 aliphatic carbocycles. The van der Waals surface area contributed by atoms with Crippen molar-refractivity contribution >= 4 is 17.8 Å². The van der Waals surface area contributed by atoms with Crippen LogP contribution in [0, 0.1) is 0 Å². The molecule has 0 aromatic carbocycles. The number of ether oxygens (including phenoxy) is 1. The molecule has 1 heterocycles. The minimum atomic E-state index is -1.00. The van der Waals surface area contributed by atoms with Crippen molar-refractivity contribution in [3.63, 3.8) is 0 Å². The summed E-state index contributed by atoms with van der Waals surface area (Å²) in [5.74, 6) is -1.74. The zero-order valence-electron chi connectivity index (χ0n) is 11.8. The summed E-state index contributed by atoms with van der Waals surface area (Å²) in [7, 11) is 0. The molecule has 0 aliphatic rings. The van der Waals surface area contributed by atoms with Gasteiger partial charge >= 0.3 is 11.9 Å². The number of hydrogen-bond acceptors (Lipinski definition) is 7. The zero-order chi connectivity index (χ0) is 15.8. The van der Waals surface area contributed by atoms with Crippen LogP contribution in [-0.4, -0.2) is 55.8 Å². The Morgan fingerprint density at radius 1 is 1.38 bits per heavy atom. The molecule has 0 atom stereocenters. The van der Waals surface area contributed by atoms with Crippen LogP contribution in [0.2, 0.25) is 0 Å². The average Bonchev–Trinajstić information content (AvgIpc) is 2.74. The Morgan fingerprint density at radius 3 is 2.71 bits per heavy atom. The number of carbonyl (C=O) groups is 3. The van der Waals surface area contributed by atoms with Gasteiger partial charge in [-0.1, -0.05) is 0 Å². The predicted molar refractivity (Wildman–Crippen MR) is 68.0 cm³/mol. The number of carboxylic acid groups (broad SMARTS) is 1. The summed E-state index contributed by atoms with van der Waals surface area (Å²) in [5, 5.41) is 21.5. The maximum absolute atomic E-state index is 11.6. The first-order chi connectivity index (χ1) is 9.88. The van der Waals surface area contributed by atoms with Crippen LogP contribution < -0.4 is 5.32 Å². The highest BCUT2D eigenvalue weighted by Gasteiger charge is 2.15. The van der Waals surface area contributed by atoms with Crippen LogP contribution >= 0.6 is 0 Å². The molecule has 1 aromatic heterocycles. The second-order valence-electron chi connectivity index (χ2n) is 4.46. The van der Waals surface area contributed by atoms with Crippen molar-refractivity contribution in [1.29, 1.82) is 0 Å². The first-order valence-electron chi connectivity index (χ1n) is 6.31. The number of rotatable bonds is 8. The van der Waals surface area contributed by atoms with Gasteiger partial charge in [-0.15, -0.1) is 5.10 Å². The lowest BCUT2D eigenvalue weighted by Crippen LogP contribution is -2.29. The zero-order valence-corrected chi connectivity index (χ0v) is 11.8. The number of nitrogens with zero attached hydrogens (tertiary/aromatic N) is 4. The first-order valence-corrected chi connectivity index (χ1v) is 6.31. The van der Waals surface area contributed by atoms with Gasteiger partial charge in [0.1, 0.15) is 6.54 Å². The highest BCUT2D eigenvalue weighted by atomic mass is 16.5. The van der Waals surface area contributed by atoms with Gasteiger partial charge in [0.2, 0.25) is 5.91 Å². The lowest BCUT2D eigenvalue weighted by molar-refractivity contribution is -0.148. The molecule has 21 heavy (non-hydrogen) atoms. The van der Waals surface area contributed by atoms with Crippen molar-refractivity contribution < 1.29 is 24.2 Å². The van der Waals surface area contributed by atoms with Crippen molar-refractivity contribution in [2.45, 2.75) is 39.3 Å². The highest BCUT2D eigenvalue weighted by Crippen LogP contribution is 1.97. The molecule has 0 unspecified atom stereocenters. The molecule has 0 spiro atoms. The van der Waals surface area contributed by atoms with Crippen LogP contribution in [0.1, 0.15) is 26.1 Å². The average molecular weight is 299 g/mol. The van der Waals surface area contributed by atoms with Gasteiger partial charge in [-0.2, -0.15) is 0 Å². The highest BCUT2D eigenvalue weighted by molar-refractivity contribution is 5.78. The number of aliphatic carboxylic acids is 1. The van der Waals surface area contributed by atoms with Gasteiger partial charge in [-0.3, -0.25) is 14.4 Å². The molecule has 0 saturated heterocycles. The van der Waals surface area contributed by atoms with Crippen LogP contribution in [0.5, 0.6) is 0 Å². The largest absolute Gasteiger partial charge is 0.481 e. The molecule has 10 heteroatoms. The van der Waals surface area contributed by atoms with Crippen molar-refractivity contribution in [2.75, 3.05) is 6.54 Å². The smallest absolute Gasteiger partial charge is 0.328 e. The number of nitrogens with one attached hydrogen (secondary N) is 1. The summed E-state index contributed by atoms with van der Waals surface area (Å²) < 4.78 is 6.12. The number of amides is 1. The van der Waals surface area contributed by atoms with E-state index in [-0.39, 0.29) is 37.9 Å². The summed E-state index contributed by atoms with van der Waals surface area (Å²) in [6.45, 7) is 3.26. The van der Waals surface area contributed by atoms with Crippen molar-refractivity contribution in [2.24, 2.45) is 0 Å². The first kappa shape index (κ1) is 16.5. The van der Waals surface area contributed by atoms with Gasteiger partial charge in [0, 0.05) is 6.54 Å². The van der Waals surface area contributed by atoms with Crippen LogP contribution in [0.4, 0.5) is 0 Å². The molecule has 1 rings (SSSR count). The molecule has 0 bridgehead atoms. The van der Waals surface area contributed by atoms with E-state index in [1.54, 1.807) is 13.8 Å². The fraction of sp³-hybridized carbons (Fsp3) is 0.636. The Hall–Kier alpha value is -2.52. The van der Waals surface area contributed by atoms with Gasteiger partial charge in [-0.25, -0.2) is 4.68 Å². The lowest BCUT2D eigenvalue weighted by Gasteiger charge is -2.08. The molecule has 0 fully saturated rings. The summed E-state index contributed by atoms with van der Waals surface area (Å²) in [5.41, 5.74) is 0. The van der Waals surface area contributed by atoms with E-state index >= 15 is 0 Å². The number of carboxylic acids is 1. The number of carbonyl (C=O) groups excluding carboxylic acids is 2. The molecule has 0 radical (unpaired) electrons. The monoisotopic (exact) mass is 299 g/mol. The predicted octanol–water partition coefficient (Wildman–Crippen LogP) is -1.24. The van der Waals surface area contributed by atoms with E-state index in [1.807, 2.05) is 0 Å². The van der Waals surface area contributed by atoms with Crippen LogP contribution in [0.15, 0.2) is 0 Å². The topological polar surface area (TPSA) is 136 Å². The lowest BCUT2D eigenvalue weighted by atomic mass is 10.3. The maximum Gasteiger partial charge on any atom is 0.328 e. The molecule has 1 aromatic rings. The second-order valence-corrected chi connectivity index (χ2v) is 4.46. The van der Waals surface area contributed by atoms with Gasteiger partial charge in [0.05, 0.1) is 18.9 Å². The maximum atomic E-state index is 11.6. The number of esters is 1. The Balaban J connectivity index is 2.49. The molecular formula is C11H17N5O5. The fourth-order valence-electron chi connectivity index (χ4n) is 1.41. The fourth-order valence-corrected chi connectivity index (χ4v) is 1.41. The van der Waals surface area contributed by atoms with Gasteiger partial charge in [0.15, 0.2) is 5.82 Å². The minimum Gasteiger partial charge on any atom is -0.481 e.